The van der Waals surface area contributed by atoms with Gasteiger partial charge in [0.1, 0.15) is 0 Å². The lowest BCUT2D eigenvalue weighted by molar-refractivity contribution is 0.673. The highest BCUT2D eigenvalue weighted by Crippen LogP contribution is 1.90. The quantitative estimate of drug-likeness (QED) is 0.591. The molecule has 0 aliphatic heterocycles. The maximum Gasteiger partial charge on any atom is 0.0360 e. The monoisotopic (exact) mass is 177 g/mol. The summed E-state index contributed by atoms with van der Waals surface area (Å²) in [6.45, 7) is 6.06. The zero-order valence-electron chi connectivity index (χ0n) is 7.56. The molecule has 0 aliphatic rings. The van der Waals surface area contributed by atoms with Gasteiger partial charge < -0.3 is 5.32 Å². The molecule has 0 heterocycles. The van der Waals surface area contributed by atoms with Crippen LogP contribution in [0.25, 0.3) is 0 Å². The highest BCUT2D eigenvalue weighted by molar-refractivity contribution is 7.84. The van der Waals surface area contributed by atoms with Crippen molar-refractivity contribution in [2.24, 2.45) is 0 Å². The first-order valence-corrected chi connectivity index (χ1v) is 5.85. The molecule has 11 heavy (non-hydrogen) atoms. The Morgan fingerprint density at radius 2 is 2.00 bits per heavy atom. The number of hydrogen-bond acceptors (Lipinski definition) is 2. The molecule has 1 N–H and O–H groups in total. The smallest absolute Gasteiger partial charge is 0.0360 e. The summed E-state index contributed by atoms with van der Waals surface area (Å²) in [6, 6.07) is 0. The van der Waals surface area contributed by atoms with Crippen molar-refractivity contribution in [1.82, 2.24) is 5.32 Å². The third-order valence-corrected chi connectivity index (χ3v) is 2.89. The lowest BCUT2D eigenvalue weighted by atomic mass is 10.4. The zero-order valence-corrected chi connectivity index (χ0v) is 8.38. The van der Waals surface area contributed by atoms with Gasteiger partial charge in [0.05, 0.1) is 0 Å². The van der Waals surface area contributed by atoms with Crippen molar-refractivity contribution in [2.45, 2.75) is 26.7 Å². The average molecular weight is 177 g/mol. The Morgan fingerprint density at radius 1 is 1.27 bits per heavy atom. The van der Waals surface area contributed by atoms with Crippen LogP contribution in [0, 0.1) is 0 Å². The van der Waals surface area contributed by atoms with E-state index >= 15 is 0 Å². The maximum absolute atomic E-state index is 11.1. The minimum atomic E-state index is -0.584. The fourth-order valence-corrected chi connectivity index (χ4v) is 1.96. The van der Waals surface area contributed by atoms with Crippen LogP contribution in [-0.4, -0.2) is 28.8 Å². The second kappa shape index (κ2) is 8.21. The first kappa shape index (κ1) is 11.1. The van der Waals surface area contributed by atoms with Crippen molar-refractivity contribution in [3.63, 3.8) is 0 Å². The fraction of sp³-hybridized carbons (Fsp3) is 1.00. The van der Waals surface area contributed by atoms with Crippen LogP contribution < -0.4 is 5.32 Å². The minimum absolute atomic E-state index is 0.584. The van der Waals surface area contributed by atoms with Crippen LogP contribution in [0.1, 0.15) is 26.7 Å². The Morgan fingerprint density at radius 3 is 2.55 bits per heavy atom. The predicted molar refractivity (Wildman–Crippen MR) is 51.3 cm³/mol. The van der Waals surface area contributed by atoms with Gasteiger partial charge in [-0.1, -0.05) is 20.3 Å². The van der Waals surface area contributed by atoms with Crippen molar-refractivity contribution >= 4 is 10.8 Å². The van der Waals surface area contributed by atoms with E-state index in [-0.39, 0.29) is 0 Å². The van der Waals surface area contributed by atoms with E-state index in [9.17, 15) is 4.21 Å². The number of hydrogen-bond donors (Lipinski definition) is 1. The molecule has 0 aromatic carbocycles. The molecule has 0 rings (SSSR count). The molecular formula is C8H19NOS. The SMILES string of the molecule is CCCCS(=O)CCNCC. The highest BCUT2D eigenvalue weighted by Gasteiger charge is 1.96. The van der Waals surface area contributed by atoms with E-state index in [1.54, 1.807) is 0 Å². The Hall–Kier alpha value is 0.110. The Bertz CT molecular complexity index is 106. The Labute approximate surface area is 72.2 Å². The fourth-order valence-electron chi connectivity index (χ4n) is 0.770. The van der Waals surface area contributed by atoms with Crippen LogP contribution in [-0.2, 0) is 10.8 Å². The molecule has 0 radical (unpaired) electrons. The van der Waals surface area contributed by atoms with Crippen LogP contribution in [0.15, 0.2) is 0 Å². The van der Waals surface area contributed by atoms with E-state index in [0.29, 0.717) is 0 Å². The van der Waals surface area contributed by atoms with Gasteiger partial charge in [-0.3, -0.25) is 4.21 Å². The van der Waals surface area contributed by atoms with E-state index in [2.05, 4.69) is 19.2 Å². The van der Waals surface area contributed by atoms with Gasteiger partial charge in [-0.2, -0.15) is 0 Å². The van der Waals surface area contributed by atoms with Gasteiger partial charge in [0.15, 0.2) is 0 Å². The van der Waals surface area contributed by atoms with Crippen LogP contribution in [0.2, 0.25) is 0 Å². The molecule has 0 aliphatic carbocycles. The molecule has 1 unspecified atom stereocenters. The third kappa shape index (κ3) is 8.01. The molecular weight excluding hydrogens is 158 g/mol. The molecule has 0 aromatic rings. The molecule has 0 fully saturated rings. The number of rotatable bonds is 7. The van der Waals surface area contributed by atoms with Crippen molar-refractivity contribution in [3.05, 3.63) is 0 Å². The second-order valence-corrected chi connectivity index (χ2v) is 4.25. The third-order valence-electron chi connectivity index (χ3n) is 1.48. The first-order valence-electron chi connectivity index (χ1n) is 4.37. The van der Waals surface area contributed by atoms with Gasteiger partial charge in [0.2, 0.25) is 0 Å². The molecule has 0 amide bonds. The zero-order chi connectivity index (χ0) is 8.53. The summed E-state index contributed by atoms with van der Waals surface area (Å²) < 4.78 is 11.1. The van der Waals surface area contributed by atoms with Gasteiger partial charge in [-0.15, -0.1) is 0 Å². The van der Waals surface area contributed by atoms with Crippen LogP contribution in [0.4, 0.5) is 0 Å². The van der Waals surface area contributed by atoms with Crippen LogP contribution in [0.3, 0.4) is 0 Å². The molecule has 0 bridgehead atoms. The normalized spacial score (nSPS) is 13.3. The van der Waals surface area contributed by atoms with Crippen molar-refractivity contribution in [1.29, 1.82) is 0 Å². The summed E-state index contributed by atoms with van der Waals surface area (Å²) in [6.07, 6.45) is 2.24. The van der Waals surface area contributed by atoms with Crippen LogP contribution in [0.5, 0.6) is 0 Å². The maximum atomic E-state index is 11.1. The first-order chi connectivity index (χ1) is 5.31. The van der Waals surface area contributed by atoms with Crippen LogP contribution >= 0.6 is 0 Å². The lowest BCUT2D eigenvalue weighted by Crippen LogP contribution is -2.20. The molecule has 3 heteroatoms. The van der Waals surface area contributed by atoms with E-state index in [4.69, 9.17) is 0 Å². The molecule has 0 aromatic heterocycles. The van der Waals surface area contributed by atoms with Gasteiger partial charge in [-0.25, -0.2) is 0 Å². The predicted octanol–water partition coefficient (Wildman–Crippen LogP) is 1.14. The topological polar surface area (TPSA) is 29.1 Å². The van der Waals surface area contributed by atoms with E-state index in [1.807, 2.05) is 0 Å². The molecule has 0 saturated heterocycles. The highest BCUT2D eigenvalue weighted by atomic mass is 32.2. The number of nitrogens with one attached hydrogen (secondary N) is 1. The van der Waals surface area contributed by atoms with Gasteiger partial charge in [0, 0.05) is 28.9 Å². The molecule has 0 saturated carbocycles. The number of unbranched alkanes of at least 4 members (excludes halogenated alkanes) is 1. The van der Waals surface area contributed by atoms with Crippen molar-refractivity contribution < 1.29 is 4.21 Å². The van der Waals surface area contributed by atoms with Gasteiger partial charge in [0.25, 0.3) is 0 Å². The minimum Gasteiger partial charge on any atom is -0.316 e. The molecule has 0 spiro atoms. The van der Waals surface area contributed by atoms with Crippen molar-refractivity contribution in [3.8, 4) is 0 Å². The summed E-state index contributed by atoms with van der Waals surface area (Å²) in [5, 5.41) is 3.16. The Balaban J connectivity index is 3.09. The van der Waals surface area contributed by atoms with Crippen molar-refractivity contribution in [2.75, 3.05) is 24.6 Å². The summed E-state index contributed by atoms with van der Waals surface area (Å²) in [5.41, 5.74) is 0. The van der Waals surface area contributed by atoms with E-state index < -0.39 is 10.8 Å². The summed E-state index contributed by atoms with van der Waals surface area (Å²) in [7, 11) is -0.584. The van der Waals surface area contributed by atoms with E-state index in [0.717, 1.165) is 37.4 Å². The molecule has 2 nitrogen and oxygen atoms in total. The largest absolute Gasteiger partial charge is 0.316 e. The second-order valence-electron chi connectivity index (χ2n) is 2.56. The van der Waals surface area contributed by atoms with Gasteiger partial charge in [-0.05, 0) is 13.0 Å². The average Bonchev–Trinajstić information content (AvgIpc) is 2.01. The molecule has 68 valence electrons. The summed E-state index contributed by atoms with van der Waals surface area (Å²) in [4.78, 5) is 0. The Kier molecular flexibility index (Phi) is 8.29. The van der Waals surface area contributed by atoms with E-state index in [1.165, 1.54) is 0 Å². The summed E-state index contributed by atoms with van der Waals surface area (Å²) >= 11 is 0. The van der Waals surface area contributed by atoms with Gasteiger partial charge >= 0.3 is 0 Å². The standard InChI is InChI=1S/C8H19NOS/c1-3-5-7-11(10)8-6-9-4-2/h9H,3-8H2,1-2H3. The lowest BCUT2D eigenvalue weighted by Gasteiger charge is -2.00. The summed E-state index contributed by atoms with van der Waals surface area (Å²) in [5.74, 6) is 1.69. The molecule has 1 atom stereocenters.